The van der Waals surface area contributed by atoms with Crippen molar-refractivity contribution in [3.05, 3.63) is 24.3 Å². The van der Waals surface area contributed by atoms with Crippen molar-refractivity contribution in [2.75, 3.05) is 43.0 Å². The van der Waals surface area contributed by atoms with Crippen LogP contribution in [0.3, 0.4) is 0 Å². The van der Waals surface area contributed by atoms with Crippen LogP contribution in [0.5, 0.6) is 0 Å². The number of halogens is 2. The summed E-state index contributed by atoms with van der Waals surface area (Å²) in [7, 11) is 2.09. The van der Waals surface area contributed by atoms with Gasteiger partial charge in [0.05, 0.1) is 11.4 Å². The number of anilines is 2. The monoisotopic (exact) mass is 373 g/mol. The number of piperidine rings is 1. The molecule has 136 valence electrons. The number of hydrogen-bond donors (Lipinski definition) is 1. The molecule has 1 aromatic carbocycles. The molecule has 0 saturated carbocycles. The fraction of sp³-hybridized carbons (Fsp3) is 0.611. The Bertz CT molecular complexity index is 535. The Labute approximate surface area is 157 Å². The zero-order valence-electron chi connectivity index (χ0n) is 14.5. The molecule has 2 aliphatic heterocycles. The number of hydrogen-bond acceptors (Lipinski definition) is 3. The molecule has 24 heavy (non-hydrogen) atoms. The van der Waals surface area contributed by atoms with Crippen LogP contribution in [0.15, 0.2) is 24.3 Å². The van der Waals surface area contributed by atoms with E-state index >= 15 is 0 Å². The zero-order valence-corrected chi connectivity index (χ0v) is 16.2. The predicted molar refractivity (Wildman–Crippen MR) is 106 cm³/mol. The molecule has 6 heteroatoms. The molecule has 0 aliphatic carbocycles. The largest absolute Gasteiger partial charge is 0.371 e. The van der Waals surface area contributed by atoms with E-state index in [0.29, 0.717) is 18.3 Å². The summed E-state index contributed by atoms with van der Waals surface area (Å²) in [6.45, 7) is 6.12. The first-order chi connectivity index (χ1) is 10.7. The summed E-state index contributed by atoms with van der Waals surface area (Å²) in [5.41, 5.74) is 2.23. The fourth-order valence-electron chi connectivity index (χ4n) is 3.68. The van der Waals surface area contributed by atoms with Crippen molar-refractivity contribution in [1.29, 1.82) is 0 Å². The van der Waals surface area contributed by atoms with E-state index in [1.54, 1.807) is 0 Å². The molecule has 0 spiro atoms. The van der Waals surface area contributed by atoms with Crippen molar-refractivity contribution < 1.29 is 4.79 Å². The lowest BCUT2D eigenvalue weighted by atomic mass is 9.85. The number of nitrogens with one attached hydrogen (secondary N) is 1. The number of carbonyl (C=O) groups excluding carboxylic acids is 1. The molecular formula is C18H29Cl2N3O. The van der Waals surface area contributed by atoms with Crippen LogP contribution in [0.4, 0.5) is 11.4 Å². The van der Waals surface area contributed by atoms with Gasteiger partial charge in [0.2, 0.25) is 5.91 Å². The number of carbonyl (C=O) groups is 1. The van der Waals surface area contributed by atoms with Crippen molar-refractivity contribution in [3.8, 4) is 0 Å². The van der Waals surface area contributed by atoms with E-state index in [4.69, 9.17) is 0 Å². The maximum absolute atomic E-state index is 12.8. The maximum atomic E-state index is 12.8. The van der Waals surface area contributed by atoms with E-state index in [1.165, 1.54) is 12.8 Å². The normalized spacial score (nSPS) is 21.2. The van der Waals surface area contributed by atoms with Crippen LogP contribution in [-0.2, 0) is 4.79 Å². The van der Waals surface area contributed by atoms with E-state index in [1.807, 2.05) is 17.0 Å². The van der Waals surface area contributed by atoms with Crippen molar-refractivity contribution >= 4 is 42.1 Å². The second-order valence-corrected chi connectivity index (χ2v) is 6.74. The quantitative estimate of drug-likeness (QED) is 0.882. The molecule has 1 amide bonds. The van der Waals surface area contributed by atoms with E-state index in [-0.39, 0.29) is 30.7 Å². The summed E-state index contributed by atoms with van der Waals surface area (Å²) in [5.74, 6) is 1.37. The maximum Gasteiger partial charge on any atom is 0.227 e. The third-order valence-electron chi connectivity index (χ3n) is 5.18. The molecule has 2 aliphatic rings. The first-order valence-corrected chi connectivity index (χ1v) is 8.48. The van der Waals surface area contributed by atoms with Gasteiger partial charge in [0.25, 0.3) is 0 Å². The molecule has 2 unspecified atom stereocenters. The van der Waals surface area contributed by atoms with Gasteiger partial charge in [0, 0.05) is 26.6 Å². The van der Waals surface area contributed by atoms with E-state index in [0.717, 1.165) is 37.6 Å². The number of para-hydroxylation sites is 2. The van der Waals surface area contributed by atoms with Gasteiger partial charge >= 0.3 is 0 Å². The zero-order chi connectivity index (χ0) is 15.5. The SMILES string of the molecule is CC(CC(=O)N1CCN(C)c2ccccc21)C1CCCNC1.Cl.Cl. The lowest BCUT2D eigenvalue weighted by molar-refractivity contribution is -0.119. The van der Waals surface area contributed by atoms with E-state index in [9.17, 15) is 4.79 Å². The van der Waals surface area contributed by atoms with Crippen LogP contribution in [0.2, 0.25) is 0 Å². The Morgan fingerprint density at radius 3 is 2.62 bits per heavy atom. The third kappa shape index (κ3) is 4.56. The summed E-state index contributed by atoms with van der Waals surface area (Å²) < 4.78 is 0. The molecular weight excluding hydrogens is 345 g/mol. The number of amides is 1. The summed E-state index contributed by atoms with van der Waals surface area (Å²) in [6, 6.07) is 8.23. The topological polar surface area (TPSA) is 35.6 Å². The van der Waals surface area contributed by atoms with Gasteiger partial charge in [-0.15, -0.1) is 24.8 Å². The van der Waals surface area contributed by atoms with Crippen molar-refractivity contribution in [2.24, 2.45) is 11.8 Å². The highest BCUT2D eigenvalue weighted by Crippen LogP contribution is 2.33. The van der Waals surface area contributed by atoms with E-state index in [2.05, 4.69) is 36.3 Å². The molecule has 1 saturated heterocycles. The average Bonchev–Trinajstić information content (AvgIpc) is 2.56. The van der Waals surface area contributed by atoms with Crippen LogP contribution in [0, 0.1) is 11.8 Å². The highest BCUT2D eigenvalue weighted by atomic mass is 35.5. The predicted octanol–water partition coefficient (Wildman–Crippen LogP) is 3.34. The van der Waals surface area contributed by atoms with Crippen molar-refractivity contribution in [3.63, 3.8) is 0 Å². The Morgan fingerprint density at radius 1 is 1.25 bits per heavy atom. The Balaban J connectivity index is 0.00000144. The van der Waals surface area contributed by atoms with Crippen molar-refractivity contribution in [2.45, 2.75) is 26.2 Å². The van der Waals surface area contributed by atoms with Gasteiger partial charge < -0.3 is 15.1 Å². The fourth-order valence-corrected chi connectivity index (χ4v) is 3.68. The second-order valence-electron chi connectivity index (χ2n) is 6.74. The molecule has 1 fully saturated rings. The summed E-state index contributed by atoms with van der Waals surface area (Å²) in [5, 5.41) is 3.46. The molecule has 0 bridgehead atoms. The van der Waals surface area contributed by atoms with Gasteiger partial charge in [-0.25, -0.2) is 0 Å². The Kier molecular flexibility index (Phi) is 8.34. The average molecular weight is 374 g/mol. The number of nitrogens with zero attached hydrogens (tertiary/aromatic N) is 2. The second kappa shape index (κ2) is 9.50. The molecule has 1 N–H and O–H groups in total. The Hall–Kier alpha value is -0.970. The molecule has 0 radical (unpaired) electrons. The van der Waals surface area contributed by atoms with Crippen LogP contribution < -0.4 is 15.1 Å². The van der Waals surface area contributed by atoms with Gasteiger partial charge in [0.15, 0.2) is 0 Å². The van der Waals surface area contributed by atoms with Crippen LogP contribution in [0.25, 0.3) is 0 Å². The van der Waals surface area contributed by atoms with Gasteiger partial charge in [-0.05, 0) is 49.9 Å². The smallest absolute Gasteiger partial charge is 0.227 e. The molecule has 0 aromatic heterocycles. The van der Waals surface area contributed by atoms with Gasteiger partial charge in [-0.1, -0.05) is 19.1 Å². The van der Waals surface area contributed by atoms with Crippen molar-refractivity contribution in [1.82, 2.24) is 5.32 Å². The number of fused-ring (bicyclic) bond motifs is 1. The van der Waals surface area contributed by atoms with Crippen LogP contribution in [-0.4, -0.2) is 39.1 Å². The van der Waals surface area contributed by atoms with Gasteiger partial charge in [-0.3, -0.25) is 4.79 Å². The Morgan fingerprint density at radius 2 is 1.96 bits per heavy atom. The molecule has 1 aromatic rings. The minimum absolute atomic E-state index is 0. The third-order valence-corrected chi connectivity index (χ3v) is 5.18. The number of benzene rings is 1. The summed E-state index contributed by atoms with van der Waals surface area (Å²) in [6.07, 6.45) is 3.14. The lowest BCUT2D eigenvalue weighted by Gasteiger charge is -2.37. The molecule has 2 atom stereocenters. The minimum atomic E-state index is 0. The standard InChI is InChI=1S/C18H27N3O.2ClH/c1-14(15-6-5-9-19-13-15)12-18(22)21-11-10-20(2)16-7-3-4-8-17(16)21;;/h3-4,7-8,14-15,19H,5-6,9-13H2,1-2H3;2*1H. The van der Waals surface area contributed by atoms with E-state index < -0.39 is 0 Å². The van der Waals surface area contributed by atoms with Gasteiger partial charge in [0.1, 0.15) is 0 Å². The van der Waals surface area contributed by atoms with Crippen LogP contribution in [0.1, 0.15) is 26.2 Å². The minimum Gasteiger partial charge on any atom is -0.371 e. The number of rotatable bonds is 3. The first kappa shape index (κ1) is 21.1. The molecule has 4 nitrogen and oxygen atoms in total. The summed E-state index contributed by atoms with van der Waals surface area (Å²) >= 11 is 0. The number of likely N-dealkylation sites (N-methyl/N-ethyl adjacent to an activating group) is 1. The molecule has 3 rings (SSSR count). The first-order valence-electron chi connectivity index (χ1n) is 8.48. The summed E-state index contributed by atoms with van der Waals surface area (Å²) in [4.78, 5) is 17.0. The highest BCUT2D eigenvalue weighted by molar-refractivity contribution is 5.97. The van der Waals surface area contributed by atoms with Gasteiger partial charge in [-0.2, -0.15) is 0 Å². The molecule has 2 heterocycles. The van der Waals surface area contributed by atoms with Crippen LogP contribution >= 0.6 is 24.8 Å². The lowest BCUT2D eigenvalue weighted by Crippen LogP contribution is -2.44. The highest BCUT2D eigenvalue weighted by Gasteiger charge is 2.28.